The van der Waals surface area contributed by atoms with Crippen LogP contribution in [0.15, 0.2) is 33.5 Å². The molecule has 0 unspecified atom stereocenters. The van der Waals surface area contributed by atoms with E-state index in [-0.39, 0.29) is 16.2 Å². The average Bonchev–Trinajstić information content (AvgIpc) is 2.18. The Kier molecular flexibility index (Phi) is 2.46. The first-order valence-electron chi connectivity index (χ1n) is 4.11. The molecule has 0 aliphatic carbocycles. The molecular formula is C10H6ClNO2S. The summed E-state index contributed by atoms with van der Waals surface area (Å²) in [5.41, 5.74) is 5.60. The maximum absolute atomic E-state index is 11.6. The second-order valence-electron chi connectivity index (χ2n) is 2.98. The van der Waals surface area contributed by atoms with E-state index in [1.165, 1.54) is 6.07 Å². The fourth-order valence-electron chi connectivity index (χ4n) is 1.25. The van der Waals surface area contributed by atoms with Crippen LogP contribution in [-0.2, 0) is 0 Å². The van der Waals surface area contributed by atoms with Crippen molar-refractivity contribution in [1.29, 1.82) is 0 Å². The zero-order chi connectivity index (χ0) is 11.0. The van der Waals surface area contributed by atoms with Crippen LogP contribution in [0.1, 0.15) is 5.76 Å². The number of halogens is 1. The molecular weight excluding hydrogens is 234 g/mol. The molecule has 76 valence electrons. The van der Waals surface area contributed by atoms with Gasteiger partial charge in [0.1, 0.15) is 10.6 Å². The predicted molar refractivity (Wildman–Crippen MR) is 63.4 cm³/mol. The van der Waals surface area contributed by atoms with Crippen molar-refractivity contribution in [2.45, 2.75) is 0 Å². The van der Waals surface area contributed by atoms with Crippen LogP contribution in [0.2, 0.25) is 5.02 Å². The highest BCUT2D eigenvalue weighted by Crippen LogP contribution is 2.17. The van der Waals surface area contributed by atoms with Gasteiger partial charge in [-0.2, -0.15) is 0 Å². The standard InChI is InChI=1S/C10H6ClNO2S/c11-5-1-2-8-6(3-5)7(13)4-9(14-8)10(12)15/h1-4H,(H2,12,15). The highest BCUT2D eigenvalue weighted by Gasteiger charge is 2.06. The third-order valence-corrected chi connectivity index (χ3v) is 2.37. The molecule has 0 aliphatic rings. The Morgan fingerprint density at radius 3 is 2.80 bits per heavy atom. The van der Waals surface area contributed by atoms with Crippen molar-refractivity contribution in [2.24, 2.45) is 5.73 Å². The molecule has 0 fully saturated rings. The lowest BCUT2D eigenvalue weighted by Crippen LogP contribution is -2.13. The van der Waals surface area contributed by atoms with Gasteiger partial charge in [-0.15, -0.1) is 0 Å². The summed E-state index contributed by atoms with van der Waals surface area (Å²) in [5, 5.41) is 0.903. The van der Waals surface area contributed by atoms with E-state index < -0.39 is 0 Å². The Balaban J connectivity index is 2.84. The normalized spacial score (nSPS) is 10.5. The van der Waals surface area contributed by atoms with Crippen molar-refractivity contribution in [1.82, 2.24) is 0 Å². The molecule has 2 rings (SSSR count). The van der Waals surface area contributed by atoms with Gasteiger partial charge in [0.2, 0.25) is 0 Å². The Morgan fingerprint density at radius 1 is 1.40 bits per heavy atom. The monoisotopic (exact) mass is 239 g/mol. The number of nitrogens with two attached hydrogens (primary N) is 1. The minimum Gasteiger partial charge on any atom is -0.453 e. The number of hydrogen-bond donors (Lipinski definition) is 1. The summed E-state index contributed by atoms with van der Waals surface area (Å²) >= 11 is 10.5. The third-order valence-electron chi connectivity index (χ3n) is 1.93. The van der Waals surface area contributed by atoms with E-state index in [1.807, 2.05) is 0 Å². The van der Waals surface area contributed by atoms with Gasteiger partial charge in [-0.05, 0) is 18.2 Å². The van der Waals surface area contributed by atoms with Gasteiger partial charge in [0.05, 0.1) is 5.39 Å². The molecule has 0 saturated heterocycles. The van der Waals surface area contributed by atoms with E-state index in [2.05, 4.69) is 0 Å². The summed E-state index contributed by atoms with van der Waals surface area (Å²) in [6, 6.07) is 6.06. The van der Waals surface area contributed by atoms with E-state index in [4.69, 9.17) is 34.0 Å². The first kappa shape index (κ1) is 10.1. The lowest BCUT2D eigenvalue weighted by atomic mass is 10.2. The number of thiocarbonyl (C=S) groups is 1. The molecule has 0 aliphatic heterocycles. The van der Waals surface area contributed by atoms with Gasteiger partial charge in [-0.1, -0.05) is 23.8 Å². The fourth-order valence-corrected chi connectivity index (χ4v) is 1.52. The Bertz CT molecular complexity index is 606. The second kappa shape index (κ2) is 3.64. The molecule has 0 bridgehead atoms. The number of rotatable bonds is 1. The van der Waals surface area contributed by atoms with E-state index in [9.17, 15) is 4.79 Å². The molecule has 3 nitrogen and oxygen atoms in total. The van der Waals surface area contributed by atoms with Crippen molar-refractivity contribution >= 4 is 39.8 Å². The molecule has 5 heteroatoms. The SMILES string of the molecule is NC(=S)c1cc(=O)c2cc(Cl)ccc2o1. The second-order valence-corrected chi connectivity index (χ2v) is 3.86. The Hall–Kier alpha value is -1.39. The quantitative estimate of drug-likeness (QED) is 0.775. The molecule has 1 heterocycles. The molecule has 0 radical (unpaired) electrons. The van der Waals surface area contributed by atoms with Gasteiger partial charge in [0.25, 0.3) is 0 Å². The number of hydrogen-bond acceptors (Lipinski definition) is 3. The minimum absolute atomic E-state index is 0.0592. The van der Waals surface area contributed by atoms with Crippen LogP contribution in [0.3, 0.4) is 0 Å². The van der Waals surface area contributed by atoms with Crippen molar-refractivity contribution < 1.29 is 4.42 Å². The first-order valence-corrected chi connectivity index (χ1v) is 4.90. The molecule has 0 spiro atoms. The van der Waals surface area contributed by atoms with Crippen molar-refractivity contribution in [3.8, 4) is 0 Å². The average molecular weight is 240 g/mol. The number of fused-ring (bicyclic) bond motifs is 1. The van der Waals surface area contributed by atoms with Crippen LogP contribution in [-0.4, -0.2) is 4.99 Å². The van der Waals surface area contributed by atoms with Crippen LogP contribution in [0, 0.1) is 0 Å². The van der Waals surface area contributed by atoms with Crippen LogP contribution in [0.4, 0.5) is 0 Å². The Morgan fingerprint density at radius 2 is 2.13 bits per heavy atom. The Labute approximate surface area is 95.4 Å². The molecule has 1 aromatic heterocycles. The topological polar surface area (TPSA) is 56.2 Å². The van der Waals surface area contributed by atoms with Gasteiger partial charge < -0.3 is 10.2 Å². The van der Waals surface area contributed by atoms with Crippen molar-refractivity contribution in [3.05, 3.63) is 45.3 Å². The largest absolute Gasteiger partial charge is 0.453 e. The lowest BCUT2D eigenvalue weighted by molar-refractivity contribution is 0.592. The summed E-state index contributed by atoms with van der Waals surface area (Å²) < 4.78 is 5.33. The molecule has 0 amide bonds. The van der Waals surface area contributed by atoms with Crippen molar-refractivity contribution in [3.63, 3.8) is 0 Å². The van der Waals surface area contributed by atoms with E-state index in [1.54, 1.807) is 18.2 Å². The van der Waals surface area contributed by atoms with E-state index in [0.29, 0.717) is 16.0 Å². The highest BCUT2D eigenvalue weighted by molar-refractivity contribution is 7.80. The van der Waals surface area contributed by atoms with Gasteiger partial charge in [-0.25, -0.2) is 0 Å². The van der Waals surface area contributed by atoms with Crippen molar-refractivity contribution in [2.75, 3.05) is 0 Å². The summed E-state index contributed by atoms with van der Waals surface area (Å²) in [7, 11) is 0. The van der Waals surface area contributed by atoms with E-state index >= 15 is 0 Å². The van der Waals surface area contributed by atoms with Crippen LogP contribution in [0.5, 0.6) is 0 Å². The van der Waals surface area contributed by atoms with Gasteiger partial charge in [0.15, 0.2) is 11.2 Å². The third kappa shape index (κ3) is 1.86. The molecule has 2 aromatic rings. The molecule has 0 atom stereocenters. The number of benzene rings is 1. The zero-order valence-corrected chi connectivity index (χ0v) is 9.06. The fraction of sp³-hybridized carbons (Fsp3) is 0. The minimum atomic E-state index is -0.207. The summed E-state index contributed by atoms with van der Waals surface area (Å²) in [4.78, 5) is 11.7. The summed E-state index contributed by atoms with van der Waals surface area (Å²) in [5.74, 6) is 0.213. The maximum Gasteiger partial charge on any atom is 0.193 e. The van der Waals surface area contributed by atoms with E-state index in [0.717, 1.165) is 0 Å². The van der Waals surface area contributed by atoms with Crippen LogP contribution in [0.25, 0.3) is 11.0 Å². The van der Waals surface area contributed by atoms with Gasteiger partial charge >= 0.3 is 0 Å². The molecule has 0 saturated carbocycles. The van der Waals surface area contributed by atoms with Gasteiger partial charge in [-0.3, -0.25) is 4.79 Å². The smallest absolute Gasteiger partial charge is 0.193 e. The highest BCUT2D eigenvalue weighted by atomic mass is 35.5. The lowest BCUT2D eigenvalue weighted by Gasteiger charge is -2.00. The van der Waals surface area contributed by atoms with Crippen LogP contribution >= 0.6 is 23.8 Å². The zero-order valence-electron chi connectivity index (χ0n) is 7.49. The molecule has 15 heavy (non-hydrogen) atoms. The summed E-state index contributed by atoms with van der Waals surface area (Å²) in [6.07, 6.45) is 0. The maximum atomic E-state index is 11.6. The molecule has 1 aromatic carbocycles. The molecule has 2 N–H and O–H groups in total. The van der Waals surface area contributed by atoms with Crippen LogP contribution < -0.4 is 11.2 Å². The first-order chi connectivity index (χ1) is 7.08. The predicted octanol–water partition coefficient (Wildman–Crippen LogP) is 2.08. The summed E-state index contributed by atoms with van der Waals surface area (Å²) in [6.45, 7) is 0. The van der Waals surface area contributed by atoms with Gasteiger partial charge in [0, 0.05) is 11.1 Å².